The minimum Gasteiger partial charge on any atom is -0.497 e. The Morgan fingerprint density at radius 2 is 0.692 bits per heavy atom. The van der Waals surface area contributed by atoms with Crippen LogP contribution in [-0.2, 0) is 0 Å². The number of allylic oxidation sites excluding steroid dienone is 12. The maximum atomic E-state index is 14.1. The van der Waals surface area contributed by atoms with Crippen molar-refractivity contribution in [2.24, 2.45) is 0 Å². The topological polar surface area (TPSA) is 287 Å². The van der Waals surface area contributed by atoms with Crippen molar-refractivity contribution in [3.63, 3.8) is 0 Å². The molecule has 0 fully saturated rings. The second kappa shape index (κ2) is 41.7. The van der Waals surface area contributed by atoms with Gasteiger partial charge in [-0.15, -0.1) is 0 Å². The number of para-hydroxylation sites is 2. The molecule has 18 rings (SSSR count). The predicted molar refractivity (Wildman–Crippen MR) is 490 cm³/mol. The van der Waals surface area contributed by atoms with E-state index < -0.39 is 63.5 Å². The summed E-state index contributed by atoms with van der Waals surface area (Å²) >= 11 is 15.3. The molecule has 0 saturated heterocycles. The second-order valence-electron chi connectivity index (χ2n) is 29.2. The van der Waals surface area contributed by atoms with Crippen molar-refractivity contribution in [2.45, 2.75) is 41.0 Å². The number of carbonyl (C=O) groups excluding carboxylic acids is 13. The Balaban J connectivity index is 0.000000136. The number of ether oxygens (including phenoxy) is 7. The van der Waals surface area contributed by atoms with Gasteiger partial charge >= 0.3 is 0 Å². The highest BCUT2D eigenvalue weighted by Gasteiger charge is 2.39. The van der Waals surface area contributed by atoms with Crippen LogP contribution in [0.15, 0.2) is 321 Å². The lowest BCUT2D eigenvalue weighted by atomic mass is 9.93. The van der Waals surface area contributed by atoms with Crippen LogP contribution in [0.4, 0.5) is 22.0 Å². The summed E-state index contributed by atoms with van der Waals surface area (Å²) in [5, 5.41) is 0.291. The van der Waals surface area contributed by atoms with Crippen LogP contribution in [0.2, 0.25) is 5.02 Å². The van der Waals surface area contributed by atoms with Crippen molar-refractivity contribution in [3.8, 4) is 40.2 Å². The molecule has 12 aromatic carbocycles. The third-order valence-corrected chi connectivity index (χ3v) is 22.9. The van der Waals surface area contributed by atoms with Crippen molar-refractivity contribution in [1.82, 2.24) is 0 Å². The highest BCUT2D eigenvalue weighted by Crippen LogP contribution is 2.40. The van der Waals surface area contributed by atoms with E-state index in [-0.39, 0.29) is 128 Å². The first kappa shape index (κ1) is 95.4. The lowest BCUT2D eigenvalue weighted by Gasteiger charge is -2.19. The van der Waals surface area contributed by atoms with Crippen molar-refractivity contribution in [1.29, 1.82) is 0 Å². The highest BCUT2D eigenvalue weighted by atomic mass is 79.9. The summed E-state index contributed by atoms with van der Waals surface area (Å²) in [6.07, 6.45) is 3.91. The number of halogens is 9. The molecule has 0 N–H and O–H groups in total. The fraction of sp³-hybridized carbons (Fsp3) is 0.0673. The van der Waals surface area contributed by atoms with E-state index in [4.69, 9.17) is 44.8 Å². The van der Waals surface area contributed by atoms with Gasteiger partial charge in [0.1, 0.15) is 53.8 Å². The molecule has 0 unspecified atom stereocenters. The summed E-state index contributed by atoms with van der Waals surface area (Å²) < 4.78 is 106. The molecule has 29 heteroatoms. The van der Waals surface area contributed by atoms with E-state index in [0.717, 1.165) is 24.1 Å². The maximum absolute atomic E-state index is 14.1. The first-order valence-electron chi connectivity index (χ1n) is 39.9. The molecule has 20 nitrogen and oxygen atoms in total. The van der Waals surface area contributed by atoms with Gasteiger partial charge < -0.3 is 33.2 Å². The van der Waals surface area contributed by atoms with E-state index in [1.807, 2.05) is 32.0 Å². The molecule has 0 heterocycles. The summed E-state index contributed by atoms with van der Waals surface area (Å²) in [6.45, 7) is 8.32. The maximum Gasteiger partial charge on any atom is 0.230 e. The van der Waals surface area contributed by atoms with E-state index in [1.54, 1.807) is 214 Å². The lowest BCUT2D eigenvalue weighted by Crippen LogP contribution is -2.23. The minimum absolute atomic E-state index is 0.0277. The van der Waals surface area contributed by atoms with Gasteiger partial charge in [-0.25, -0.2) is 17.6 Å². The monoisotopic (exact) mass is 2000 g/mol. The normalized spacial score (nSPS) is 13.8. The van der Waals surface area contributed by atoms with Crippen LogP contribution in [0.5, 0.6) is 40.2 Å². The standard InChI is InChI=1S/C19H13BrO4.C18H14O3.C17H7BrF4O3.C17H11ClO4.C17H11FO3.C16H9BrO3/c1-2-14(21)13-9-5-6-10-15(13)24-19-16(20)17(22)11-7-3-4-8-12(11)18(19)23;1-11-7-8-13(9-12(11)2)21-17-10-16(19)14-5-3-4-6-15(14)18(17)20;1-6-10(19)12(21)13(22)17(11(6)20)25-16-9(18)14(23)7-4-2-3-5-8(7)15(16)24;1-21-10-6-7-15(13(18)8-10)22-16-9-14(19)11-4-2-3-5-12(11)17(16)20;1-10-6-11(18)8-12(7-10)21-16-9-15(19)13-4-2-3-5-14(13)17(16)20;17-13-14(18)11-8-4-5-9-12(11)15(19)16(13)20-10-6-2-1-3-7-10/h3-10H,2H2,1H3;3-10H,1-2H3;2-5H,1H3;2-9H,1H3;2-9H,1H3;1-9H. The number of aryl methyl sites for hydroxylation is 3. The van der Waals surface area contributed by atoms with Gasteiger partial charge in [0, 0.05) is 109 Å². The van der Waals surface area contributed by atoms with E-state index in [0.29, 0.717) is 95.5 Å². The molecule has 12 aromatic rings. The van der Waals surface area contributed by atoms with Crippen LogP contribution < -0.4 is 33.2 Å². The third-order valence-electron chi connectivity index (χ3n) is 20.5. The smallest absolute Gasteiger partial charge is 0.230 e. The molecule has 0 aliphatic heterocycles. The highest BCUT2D eigenvalue weighted by molar-refractivity contribution is 9.12. The van der Waals surface area contributed by atoms with Crippen molar-refractivity contribution >= 4 is 135 Å². The first-order valence-corrected chi connectivity index (χ1v) is 42.6. The summed E-state index contributed by atoms with van der Waals surface area (Å²) in [6, 6.07) is 69.1. The summed E-state index contributed by atoms with van der Waals surface area (Å²) in [5.41, 5.74) is 6.05. The van der Waals surface area contributed by atoms with Gasteiger partial charge in [-0.3, -0.25) is 62.3 Å². The van der Waals surface area contributed by atoms with Crippen molar-refractivity contribution in [2.75, 3.05) is 7.11 Å². The van der Waals surface area contributed by atoms with E-state index in [2.05, 4.69) is 47.8 Å². The minimum atomic E-state index is -1.94. The Morgan fingerprint density at radius 1 is 0.316 bits per heavy atom. The molecule has 0 saturated carbocycles. The van der Waals surface area contributed by atoms with Gasteiger partial charge in [0.15, 0.2) is 75.1 Å². The Bertz CT molecular complexity index is 7140. The Labute approximate surface area is 784 Å². The van der Waals surface area contributed by atoms with Gasteiger partial charge in [-0.2, -0.15) is 4.39 Å². The fourth-order valence-corrected chi connectivity index (χ4v) is 15.2. The number of Topliss-reactive ketones (excluding diaryl/α,β-unsaturated/α-hetero) is 10. The Morgan fingerprint density at radius 3 is 1.11 bits per heavy atom. The zero-order valence-electron chi connectivity index (χ0n) is 70.3. The average Bonchev–Trinajstić information content (AvgIpc) is 0.798. The number of methoxy groups -OCH3 is 1. The lowest BCUT2D eigenvalue weighted by molar-refractivity contribution is 0.0939. The molecule has 6 aliphatic rings. The van der Waals surface area contributed by atoms with Gasteiger partial charge in [-0.05, 0) is 153 Å². The zero-order valence-corrected chi connectivity index (χ0v) is 75.8. The number of hydrogen-bond acceptors (Lipinski definition) is 20. The van der Waals surface area contributed by atoms with Gasteiger partial charge in [-0.1, -0.05) is 201 Å². The SMILES string of the molecule is CCC(=O)c1ccccc1OC1=C(Br)C(=O)c2ccccc2C1=O.COc1ccc(OC2=CC(=O)c3ccccc3C2=O)c(Cl)c1.Cc1c(F)c(F)c(F)c(OC2=C(Br)C(=O)c3ccccc3C2=O)c1F.Cc1cc(F)cc(OC2=CC(=O)c3ccccc3C2=O)c1.Cc1ccc(OC2=CC(=O)c3ccccc3C2=O)cc1C.O=C1C(Br)=C(Oc2ccccc2)C(=O)c2ccccc21. The molecule has 0 aromatic heterocycles. The van der Waals surface area contributed by atoms with Gasteiger partial charge in [0.05, 0.1) is 17.7 Å². The van der Waals surface area contributed by atoms with Crippen LogP contribution in [0.1, 0.15) is 170 Å². The van der Waals surface area contributed by atoms with Crippen LogP contribution in [0.25, 0.3) is 0 Å². The molecule has 0 spiro atoms. The summed E-state index contributed by atoms with van der Waals surface area (Å²) in [7, 11) is 1.52. The summed E-state index contributed by atoms with van der Waals surface area (Å²) in [5.74, 6) is -11.9. The van der Waals surface area contributed by atoms with Crippen LogP contribution in [0.3, 0.4) is 0 Å². The third kappa shape index (κ3) is 20.8. The quantitative estimate of drug-likeness (QED) is 0.0399. The number of rotatable bonds is 15. The molecule has 6 aliphatic carbocycles. The molecular weight excluding hydrogens is 1940 g/mol. The number of carbonyl (C=O) groups is 13. The Hall–Kier alpha value is -15.2. The van der Waals surface area contributed by atoms with Gasteiger partial charge in [0.2, 0.25) is 63.6 Å². The molecule has 0 atom stereocenters. The number of fused-ring (bicyclic) bond motifs is 6. The Kier molecular flexibility index (Phi) is 29.9. The van der Waals surface area contributed by atoms with Crippen LogP contribution >= 0.6 is 59.4 Å². The van der Waals surface area contributed by atoms with Crippen molar-refractivity contribution < 1.29 is 117 Å². The molecular formula is C104H65Br3ClF5O20. The second-order valence-corrected chi connectivity index (χ2v) is 32.0. The molecule has 0 radical (unpaired) electrons. The number of hydrogen-bond donors (Lipinski definition) is 0. The predicted octanol–water partition coefficient (Wildman–Crippen LogP) is 23.5. The number of ketones is 13. The number of benzene rings is 12. The first-order chi connectivity index (χ1) is 63.7. The molecule has 0 amide bonds. The van der Waals surface area contributed by atoms with E-state index in [9.17, 15) is 84.3 Å². The molecule has 133 heavy (non-hydrogen) atoms. The largest absolute Gasteiger partial charge is 0.497 e. The van der Waals surface area contributed by atoms with E-state index in [1.165, 1.54) is 55.7 Å². The van der Waals surface area contributed by atoms with Gasteiger partial charge in [0.25, 0.3) is 0 Å². The van der Waals surface area contributed by atoms with Crippen LogP contribution in [-0.4, -0.2) is 82.3 Å². The molecule has 664 valence electrons. The molecule has 0 bridgehead atoms. The average molecular weight is 2000 g/mol. The zero-order chi connectivity index (χ0) is 95.5. The summed E-state index contributed by atoms with van der Waals surface area (Å²) in [4.78, 5) is 160. The fourth-order valence-electron chi connectivity index (χ4n) is 13.6. The van der Waals surface area contributed by atoms with Crippen LogP contribution in [0, 0.1) is 56.8 Å². The van der Waals surface area contributed by atoms with Crippen molar-refractivity contribution in [3.05, 3.63) is 450 Å². The van der Waals surface area contributed by atoms with E-state index >= 15 is 0 Å².